The molecule has 0 saturated heterocycles. The molecule has 0 amide bonds. The number of alkyl halides is 6. The normalized spacial score (nSPS) is 12.6. The molecule has 2 aromatic heterocycles. The standard InChI is InChI=1S/C30H18F6N2S/c1-15-16(2)26(23(30(34,35)36)14-22(15)29(31,32)33)28-21-12-18-8-4-3-7-17(18)11-20(21)27(37-38-28)25-13-19-9-5-6-10-24(19)39-25/h3-14H,1-2H3. The van der Waals surface area contributed by atoms with Gasteiger partial charge in [0.2, 0.25) is 0 Å². The van der Waals surface area contributed by atoms with E-state index in [9.17, 15) is 26.3 Å². The van der Waals surface area contributed by atoms with Crippen molar-refractivity contribution in [2.75, 3.05) is 0 Å². The van der Waals surface area contributed by atoms with Gasteiger partial charge in [-0.15, -0.1) is 21.5 Å². The molecule has 39 heavy (non-hydrogen) atoms. The van der Waals surface area contributed by atoms with Crippen molar-refractivity contribution in [2.24, 2.45) is 0 Å². The van der Waals surface area contributed by atoms with Crippen molar-refractivity contribution in [1.29, 1.82) is 0 Å². The summed E-state index contributed by atoms with van der Waals surface area (Å²) in [6.45, 7) is 2.45. The lowest BCUT2D eigenvalue weighted by atomic mass is 9.88. The van der Waals surface area contributed by atoms with Crippen LogP contribution in [-0.4, -0.2) is 10.2 Å². The van der Waals surface area contributed by atoms with E-state index in [4.69, 9.17) is 0 Å². The maximum Gasteiger partial charge on any atom is 0.417 e. The Labute approximate surface area is 222 Å². The molecule has 0 aliphatic rings. The molecule has 0 N–H and O–H groups in total. The van der Waals surface area contributed by atoms with Crippen LogP contribution in [0.3, 0.4) is 0 Å². The van der Waals surface area contributed by atoms with E-state index in [0.29, 0.717) is 16.5 Å². The van der Waals surface area contributed by atoms with Crippen molar-refractivity contribution in [3.63, 3.8) is 0 Å². The number of aromatic nitrogens is 2. The first-order valence-corrected chi connectivity index (χ1v) is 12.7. The fourth-order valence-corrected chi connectivity index (χ4v) is 6.11. The molecular weight excluding hydrogens is 534 g/mol. The Kier molecular flexibility index (Phi) is 5.69. The molecule has 4 aromatic carbocycles. The number of hydrogen-bond acceptors (Lipinski definition) is 3. The van der Waals surface area contributed by atoms with E-state index >= 15 is 0 Å². The topological polar surface area (TPSA) is 25.8 Å². The van der Waals surface area contributed by atoms with Gasteiger partial charge in [0.15, 0.2) is 0 Å². The van der Waals surface area contributed by atoms with Crippen LogP contribution in [0.2, 0.25) is 0 Å². The maximum atomic E-state index is 14.3. The molecule has 0 fully saturated rings. The highest BCUT2D eigenvalue weighted by atomic mass is 32.1. The molecule has 2 nitrogen and oxygen atoms in total. The Balaban J connectivity index is 1.73. The van der Waals surface area contributed by atoms with Crippen LogP contribution in [0.25, 0.3) is 53.5 Å². The van der Waals surface area contributed by atoms with Gasteiger partial charge < -0.3 is 0 Å². The van der Waals surface area contributed by atoms with Crippen LogP contribution in [0.1, 0.15) is 22.3 Å². The number of fused-ring (bicyclic) bond motifs is 3. The van der Waals surface area contributed by atoms with Crippen LogP contribution in [-0.2, 0) is 12.4 Å². The van der Waals surface area contributed by atoms with Crippen molar-refractivity contribution in [2.45, 2.75) is 26.2 Å². The molecule has 6 aromatic rings. The van der Waals surface area contributed by atoms with Gasteiger partial charge >= 0.3 is 12.4 Å². The van der Waals surface area contributed by atoms with Gasteiger partial charge in [0.25, 0.3) is 0 Å². The molecule has 0 atom stereocenters. The van der Waals surface area contributed by atoms with Crippen LogP contribution < -0.4 is 0 Å². The third-order valence-corrected chi connectivity index (χ3v) is 8.17. The molecule has 0 aliphatic carbocycles. The van der Waals surface area contributed by atoms with E-state index in [0.717, 1.165) is 25.7 Å². The highest BCUT2D eigenvalue weighted by molar-refractivity contribution is 7.22. The second kappa shape index (κ2) is 8.77. The number of hydrogen-bond donors (Lipinski definition) is 0. The molecule has 0 bridgehead atoms. The van der Waals surface area contributed by atoms with E-state index in [1.165, 1.54) is 25.2 Å². The van der Waals surface area contributed by atoms with Gasteiger partial charge in [0.1, 0.15) is 11.4 Å². The predicted molar refractivity (Wildman–Crippen MR) is 143 cm³/mol. The van der Waals surface area contributed by atoms with E-state index in [1.54, 1.807) is 6.07 Å². The second-order valence-electron chi connectivity index (χ2n) is 9.38. The molecule has 0 spiro atoms. The summed E-state index contributed by atoms with van der Waals surface area (Å²) >= 11 is 1.48. The number of benzene rings is 4. The predicted octanol–water partition coefficient (Wildman–Crippen LogP) is 9.99. The van der Waals surface area contributed by atoms with Gasteiger partial charge in [-0.05, 0) is 71.5 Å². The minimum atomic E-state index is -5.05. The lowest BCUT2D eigenvalue weighted by Crippen LogP contribution is -2.16. The lowest BCUT2D eigenvalue weighted by molar-refractivity contribution is -0.143. The Morgan fingerprint density at radius 2 is 1.13 bits per heavy atom. The Bertz CT molecular complexity index is 1880. The van der Waals surface area contributed by atoms with E-state index in [-0.39, 0.29) is 22.9 Å². The monoisotopic (exact) mass is 552 g/mol. The summed E-state index contributed by atoms with van der Waals surface area (Å²) in [6, 6.07) is 20.8. The van der Waals surface area contributed by atoms with Gasteiger partial charge in [-0.3, -0.25) is 0 Å². The maximum absolute atomic E-state index is 14.3. The first kappa shape index (κ1) is 25.3. The van der Waals surface area contributed by atoms with Crippen LogP contribution in [0.4, 0.5) is 26.3 Å². The number of rotatable bonds is 2. The van der Waals surface area contributed by atoms with Crippen molar-refractivity contribution < 1.29 is 26.3 Å². The molecule has 196 valence electrons. The quantitative estimate of drug-likeness (QED) is 0.158. The van der Waals surface area contributed by atoms with Gasteiger partial charge in [-0.1, -0.05) is 42.5 Å². The minimum Gasteiger partial charge on any atom is -0.166 e. The molecule has 2 heterocycles. The van der Waals surface area contributed by atoms with Crippen molar-refractivity contribution >= 4 is 43.0 Å². The molecular formula is C30H18F6N2S. The summed E-state index contributed by atoms with van der Waals surface area (Å²) < 4.78 is 85.0. The summed E-state index contributed by atoms with van der Waals surface area (Å²) in [4.78, 5) is 0.784. The third kappa shape index (κ3) is 4.21. The number of thiophene rings is 1. The molecule has 9 heteroatoms. The fourth-order valence-electron chi connectivity index (χ4n) is 5.04. The van der Waals surface area contributed by atoms with E-state index in [2.05, 4.69) is 10.2 Å². The Morgan fingerprint density at radius 1 is 0.590 bits per heavy atom. The fraction of sp³-hybridized carbons (Fsp3) is 0.133. The van der Waals surface area contributed by atoms with Crippen molar-refractivity contribution in [3.05, 3.63) is 95.1 Å². The average Bonchev–Trinajstić information content (AvgIpc) is 3.31. The largest absolute Gasteiger partial charge is 0.417 e. The van der Waals surface area contributed by atoms with Crippen LogP contribution in [0.5, 0.6) is 0 Å². The van der Waals surface area contributed by atoms with Gasteiger partial charge in [-0.25, -0.2) is 0 Å². The Hall–Kier alpha value is -3.98. The molecule has 6 rings (SSSR count). The highest BCUT2D eigenvalue weighted by Crippen LogP contribution is 2.47. The van der Waals surface area contributed by atoms with Gasteiger partial charge in [-0.2, -0.15) is 26.3 Å². The average molecular weight is 553 g/mol. The molecule has 0 aliphatic heterocycles. The third-order valence-electron chi connectivity index (χ3n) is 7.05. The zero-order chi connectivity index (χ0) is 27.7. The summed E-state index contributed by atoms with van der Waals surface area (Å²) in [5, 5.41) is 12.2. The minimum absolute atomic E-state index is 0.109. The van der Waals surface area contributed by atoms with E-state index < -0.39 is 29.0 Å². The first-order chi connectivity index (χ1) is 18.4. The van der Waals surface area contributed by atoms with E-state index in [1.807, 2.05) is 60.7 Å². The highest BCUT2D eigenvalue weighted by Gasteiger charge is 2.41. The molecule has 0 radical (unpaired) electrons. The Morgan fingerprint density at radius 3 is 1.72 bits per heavy atom. The smallest absolute Gasteiger partial charge is 0.166 e. The summed E-state index contributed by atoms with van der Waals surface area (Å²) in [7, 11) is 0. The van der Waals surface area contributed by atoms with Gasteiger partial charge in [0.05, 0.1) is 16.0 Å². The lowest BCUT2D eigenvalue weighted by Gasteiger charge is -2.22. The van der Waals surface area contributed by atoms with Crippen molar-refractivity contribution in [3.8, 4) is 21.8 Å². The molecule has 0 unspecified atom stereocenters. The number of nitrogens with zero attached hydrogens (tertiary/aromatic N) is 2. The summed E-state index contributed by atoms with van der Waals surface area (Å²) in [5.74, 6) is 0. The number of halogens is 6. The van der Waals surface area contributed by atoms with Crippen LogP contribution in [0, 0.1) is 13.8 Å². The zero-order valence-electron chi connectivity index (χ0n) is 20.5. The summed E-state index contributed by atoms with van der Waals surface area (Å²) in [5.41, 5.74) is -3.15. The second-order valence-corrected chi connectivity index (χ2v) is 10.5. The van der Waals surface area contributed by atoms with Crippen LogP contribution in [0.15, 0.2) is 72.8 Å². The van der Waals surface area contributed by atoms with Crippen molar-refractivity contribution in [1.82, 2.24) is 10.2 Å². The zero-order valence-corrected chi connectivity index (χ0v) is 21.3. The molecule has 0 saturated carbocycles. The first-order valence-electron chi connectivity index (χ1n) is 11.9. The van der Waals surface area contributed by atoms with Crippen LogP contribution >= 0.6 is 11.3 Å². The SMILES string of the molecule is Cc1c(C(F)(F)F)cc(C(F)(F)F)c(-c2nnc(-c3cc4ccccc4s3)c3cc4ccccc4cc23)c1C. The summed E-state index contributed by atoms with van der Waals surface area (Å²) in [6.07, 6.45) is -9.99. The van der Waals surface area contributed by atoms with Gasteiger partial charge in [0, 0.05) is 21.0 Å².